The number of carbonyl (C=O) groups is 1. The van der Waals surface area contributed by atoms with Crippen molar-refractivity contribution < 1.29 is 27.1 Å². The monoisotopic (exact) mass is 544 g/mol. The van der Waals surface area contributed by atoms with Crippen LogP contribution >= 0.6 is 0 Å². The Balaban J connectivity index is 1.30. The van der Waals surface area contributed by atoms with Gasteiger partial charge in [0.2, 0.25) is 11.8 Å². The molecule has 1 aliphatic carbocycles. The summed E-state index contributed by atoms with van der Waals surface area (Å²) in [5, 5.41) is 0. The van der Waals surface area contributed by atoms with E-state index >= 15 is 0 Å². The van der Waals surface area contributed by atoms with Crippen molar-refractivity contribution in [2.24, 2.45) is 5.41 Å². The average Bonchev–Trinajstić information content (AvgIpc) is 3.50. The fourth-order valence-corrected chi connectivity index (χ4v) is 5.57. The predicted octanol–water partition coefficient (Wildman–Crippen LogP) is 4.72. The van der Waals surface area contributed by atoms with Gasteiger partial charge in [0.25, 0.3) is 0 Å². The third-order valence-corrected chi connectivity index (χ3v) is 7.97. The molecule has 4 heterocycles. The zero-order chi connectivity index (χ0) is 28.1. The second kappa shape index (κ2) is 9.73. The molecule has 2 N–H and O–H groups in total. The highest BCUT2D eigenvalue weighted by Gasteiger charge is 2.61. The first-order valence-electron chi connectivity index (χ1n) is 12.6. The lowest BCUT2D eigenvalue weighted by Crippen LogP contribution is -2.34. The van der Waals surface area contributed by atoms with E-state index in [1.807, 2.05) is 4.90 Å². The first kappa shape index (κ1) is 26.8. The Bertz CT molecular complexity index is 1430. The smallest absolute Gasteiger partial charge is 0.433 e. The van der Waals surface area contributed by atoms with Gasteiger partial charge >= 0.3 is 6.18 Å². The second-order valence-electron chi connectivity index (χ2n) is 10.3. The van der Waals surface area contributed by atoms with E-state index in [2.05, 4.69) is 19.9 Å². The van der Waals surface area contributed by atoms with E-state index in [0.29, 0.717) is 35.6 Å². The molecule has 0 spiro atoms. The number of methoxy groups -OCH3 is 1. The molecule has 206 valence electrons. The lowest BCUT2D eigenvalue weighted by Gasteiger charge is -2.23. The maximum atomic E-state index is 14.4. The maximum Gasteiger partial charge on any atom is 0.433 e. The number of hydrogen-bond acceptors (Lipinski definition) is 7. The van der Waals surface area contributed by atoms with Crippen molar-refractivity contribution in [2.45, 2.75) is 57.7 Å². The first-order valence-corrected chi connectivity index (χ1v) is 12.6. The molecular weight excluding hydrogens is 516 g/mol. The molecule has 0 aromatic carbocycles. The fourth-order valence-electron chi connectivity index (χ4n) is 5.57. The minimum Gasteiger partial charge on any atom is -0.481 e. The lowest BCUT2D eigenvalue weighted by molar-refractivity contribution is -0.141. The van der Waals surface area contributed by atoms with Crippen LogP contribution in [-0.2, 0) is 17.4 Å². The zero-order valence-corrected chi connectivity index (χ0v) is 21.7. The summed E-state index contributed by atoms with van der Waals surface area (Å²) in [6.45, 7) is 3.90. The molecule has 3 aromatic heterocycles. The van der Waals surface area contributed by atoms with Crippen LogP contribution in [0.25, 0.3) is 11.4 Å². The molecule has 2 fully saturated rings. The average molecular weight is 545 g/mol. The number of halogens is 4. The van der Waals surface area contributed by atoms with Gasteiger partial charge in [0.15, 0.2) is 5.82 Å². The van der Waals surface area contributed by atoms with Gasteiger partial charge in [0.1, 0.15) is 17.3 Å². The summed E-state index contributed by atoms with van der Waals surface area (Å²) in [6, 6.07) is 4.03. The van der Waals surface area contributed by atoms with Crippen LogP contribution in [0.5, 0.6) is 5.88 Å². The van der Waals surface area contributed by atoms with Crippen LogP contribution < -0.4 is 10.5 Å². The van der Waals surface area contributed by atoms with E-state index in [4.69, 9.17) is 10.5 Å². The van der Waals surface area contributed by atoms with E-state index in [-0.39, 0.29) is 34.6 Å². The summed E-state index contributed by atoms with van der Waals surface area (Å²) in [5.41, 5.74) is 6.84. The quantitative estimate of drug-likeness (QED) is 0.429. The minimum absolute atomic E-state index is 0.0464. The summed E-state index contributed by atoms with van der Waals surface area (Å²) in [4.78, 5) is 31.1. The number of nitrogen functional groups attached to an aromatic ring is 1. The number of fused-ring (bicyclic) bond motifs is 1. The van der Waals surface area contributed by atoms with Crippen LogP contribution in [0.1, 0.15) is 54.6 Å². The van der Waals surface area contributed by atoms with E-state index < -0.39 is 23.6 Å². The van der Waals surface area contributed by atoms with Crippen molar-refractivity contribution in [3.05, 3.63) is 58.9 Å². The van der Waals surface area contributed by atoms with E-state index in [9.17, 15) is 22.4 Å². The Morgan fingerprint density at radius 3 is 2.74 bits per heavy atom. The van der Waals surface area contributed by atoms with E-state index in [0.717, 1.165) is 37.7 Å². The van der Waals surface area contributed by atoms with Gasteiger partial charge in [0, 0.05) is 36.0 Å². The molecule has 8 nitrogen and oxygen atoms in total. The number of amides is 1. The summed E-state index contributed by atoms with van der Waals surface area (Å²) in [7, 11) is 1.43. The molecule has 1 amide bonds. The van der Waals surface area contributed by atoms with Crippen molar-refractivity contribution >= 4 is 11.7 Å². The number of rotatable bonds is 7. The van der Waals surface area contributed by atoms with Crippen LogP contribution in [0.3, 0.4) is 0 Å². The molecule has 1 saturated heterocycles. The van der Waals surface area contributed by atoms with Crippen molar-refractivity contribution in [1.82, 2.24) is 24.8 Å². The number of nitrogens with zero attached hydrogens (tertiary/aromatic N) is 5. The number of carbonyl (C=O) groups excluding carboxylic acids is 1. The number of alkyl halides is 3. The van der Waals surface area contributed by atoms with Gasteiger partial charge in [-0.25, -0.2) is 24.3 Å². The van der Waals surface area contributed by atoms with Crippen molar-refractivity contribution in [3.8, 4) is 17.3 Å². The third-order valence-electron chi connectivity index (χ3n) is 7.97. The number of piperidine rings is 1. The van der Waals surface area contributed by atoms with Crippen molar-refractivity contribution in [2.75, 3.05) is 19.4 Å². The number of aromatic nitrogens is 4. The molecule has 0 bridgehead atoms. The van der Waals surface area contributed by atoms with Crippen LogP contribution in [-0.4, -0.2) is 50.4 Å². The highest BCUT2D eigenvalue weighted by molar-refractivity contribution is 5.84. The van der Waals surface area contributed by atoms with Crippen LogP contribution in [0.15, 0.2) is 30.6 Å². The van der Waals surface area contributed by atoms with Crippen LogP contribution in [0.4, 0.5) is 23.4 Å². The highest BCUT2D eigenvalue weighted by Crippen LogP contribution is 2.60. The molecule has 3 aromatic rings. The van der Waals surface area contributed by atoms with E-state index in [1.165, 1.54) is 13.2 Å². The minimum atomic E-state index is -4.59. The molecule has 1 unspecified atom stereocenters. The fraction of sp³-hybridized carbons (Fsp3) is 0.444. The molecule has 5 rings (SSSR count). The number of pyridine rings is 2. The molecule has 12 heteroatoms. The second-order valence-corrected chi connectivity index (χ2v) is 10.3. The van der Waals surface area contributed by atoms with Crippen LogP contribution in [0, 0.1) is 18.2 Å². The van der Waals surface area contributed by atoms with Crippen molar-refractivity contribution in [1.29, 1.82) is 0 Å². The molecule has 2 aliphatic rings. The van der Waals surface area contributed by atoms with Crippen molar-refractivity contribution in [3.63, 3.8) is 0 Å². The number of ether oxygens (including phenoxy) is 1. The molecular formula is C27H28F4N6O2. The van der Waals surface area contributed by atoms with Gasteiger partial charge in [-0.2, -0.15) is 13.2 Å². The molecule has 1 saturated carbocycles. The SMILES string of the molecule is COc1cc([C@@H](C)C(=O)N2CC[C@]3(CCc4cc(-c5nccc(C(F)(F)F)n5)c(C)nc4N)CC23)c(F)cn1. The molecule has 0 radical (unpaired) electrons. The topological polar surface area (TPSA) is 107 Å². The van der Waals surface area contributed by atoms with Gasteiger partial charge in [-0.05, 0) is 62.6 Å². The number of nitrogens with two attached hydrogens (primary N) is 1. The number of aryl methyl sites for hydroxylation is 2. The van der Waals surface area contributed by atoms with Gasteiger partial charge in [-0.15, -0.1) is 0 Å². The van der Waals surface area contributed by atoms with Gasteiger partial charge in [0.05, 0.1) is 24.9 Å². The Labute approximate surface area is 222 Å². The van der Waals surface area contributed by atoms with Gasteiger partial charge in [-0.3, -0.25) is 4.79 Å². The van der Waals surface area contributed by atoms with E-state index in [1.54, 1.807) is 19.9 Å². The van der Waals surface area contributed by atoms with Crippen LogP contribution in [0.2, 0.25) is 0 Å². The zero-order valence-electron chi connectivity index (χ0n) is 21.7. The number of anilines is 1. The summed E-state index contributed by atoms with van der Waals surface area (Å²) in [6.07, 6.45) is 0.446. The first-order chi connectivity index (χ1) is 18.4. The molecule has 39 heavy (non-hydrogen) atoms. The lowest BCUT2D eigenvalue weighted by atomic mass is 9.94. The standard InChI is InChI=1S/C27H28F4N6O2/c1-14(17-11-22(39-3)34-13-19(17)28)25(38)37-9-7-26(12-21(26)37)6-4-16-10-18(15(2)35-23(16)32)24-33-8-5-20(36-24)27(29,30)31/h5,8,10-11,13-14,21H,4,6-7,9,12H2,1-3H3,(H2,32,35)/t14-,21?,26-/m1/s1. The summed E-state index contributed by atoms with van der Waals surface area (Å²) in [5.74, 6) is -0.908. The summed E-state index contributed by atoms with van der Waals surface area (Å²) < 4.78 is 59.0. The Morgan fingerprint density at radius 1 is 1.28 bits per heavy atom. The molecule has 1 aliphatic heterocycles. The van der Waals surface area contributed by atoms with Gasteiger partial charge in [-0.1, -0.05) is 0 Å². The Morgan fingerprint density at radius 2 is 2.05 bits per heavy atom. The van der Waals surface area contributed by atoms with Gasteiger partial charge < -0.3 is 15.4 Å². The number of likely N-dealkylation sites (tertiary alicyclic amines) is 1. The predicted molar refractivity (Wildman–Crippen MR) is 134 cm³/mol. The molecule has 3 atom stereocenters. The maximum absolute atomic E-state index is 14.4. The largest absolute Gasteiger partial charge is 0.481 e. The summed E-state index contributed by atoms with van der Waals surface area (Å²) >= 11 is 0. The normalized spacial score (nSPS) is 21.0. The highest BCUT2D eigenvalue weighted by atomic mass is 19.4. The Kier molecular flexibility index (Phi) is 6.68. The third kappa shape index (κ3) is 4.99. The Hall–Kier alpha value is -3.83. The number of hydrogen-bond donors (Lipinski definition) is 1.